The lowest BCUT2D eigenvalue weighted by Crippen LogP contribution is -2.33. The van der Waals surface area contributed by atoms with E-state index in [1.807, 2.05) is 40.7 Å². The van der Waals surface area contributed by atoms with Crippen LogP contribution < -0.4 is 9.47 Å². The van der Waals surface area contributed by atoms with Crippen LogP contribution in [0.3, 0.4) is 0 Å². The minimum Gasteiger partial charge on any atom is -0.507 e. The summed E-state index contributed by atoms with van der Waals surface area (Å²) in [7, 11) is 1.61. The molecule has 0 radical (unpaired) electrons. The Kier molecular flexibility index (Phi) is 4.18. The third-order valence-corrected chi connectivity index (χ3v) is 6.03. The Labute approximate surface area is 171 Å². The highest BCUT2D eigenvalue weighted by Gasteiger charge is 2.41. The number of methoxy groups -OCH3 is 1. The van der Waals surface area contributed by atoms with Gasteiger partial charge in [0.05, 0.1) is 18.9 Å². The van der Waals surface area contributed by atoms with Crippen molar-refractivity contribution in [2.45, 2.75) is 18.7 Å². The second-order valence-electron chi connectivity index (χ2n) is 6.74. The van der Waals surface area contributed by atoms with E-state index in [1.54, 1.807) is 30.6 Å². The predicted octanol–water partition coefficient (Wildman–Crippen LogP) is 5.36. The first-order chi connectivity index (χ1) is 13.6. The van der Waals surface area contributed by atoms with Gasteiger partial charge in [0, 0.05) is 28.1 Å². The molecule has 28 heavy (non-hydrogen) atoms. The van der Waals surface area contributed by atoms with Crippen molar-refractivity contribution in [3.63, 3.8) is 0 Å². The number of benzene rings is 2. The number of thiophene rings is 1. The first-order valence-electron chi connectivity index (χ1n) is 8.85. The van der Waals surface area contributed by atoms with Gasteiger partial charge in [0.25, 0.3) is 0 Å². The number of hydrogen-bond acceptors (Lipinski definition) is 6. The van der Waals surface area contributed by atoms with Gasteiger partial charge in [-0.15, -0.1) is 0 Å². The fourth-order valence-corrected chi connectivity index (χ4v) is 4.58. The van der Waals surface area contributed by atoms with Gasteiger partial charge in [0.15, 0.2) is 0 Å². The minimum atomic E-state index is -0.324. The monoisotopic (exact) mass is 412 g/mol. The molecule has 7 heteroatoms. The van der Waals surface area contributed by atoms with E-state index < -0.39 is 0 Å². The number of aromatic hydroxyl groups is 1. The van der Waals surface area contributed by atoms with E-state index in [-0.39, 0.29) is 18.0 Å². The number of nitrogens with zero attached hydrogens (tertiary/aromatic N) is 2. The van der Waals surface area contributed by atoms with Gasteiger partial charge in [-0.2, -0.15) is 16.4 Å². The van der Waals surface area contributed by atoms with Gasteiger partial charge in [-0.05, 0) is 53.2 Å². The van der Waals surface area contributed by atoms with Crippen LogP contribution in [0.4, 0.5) is 0 Å². The molecular formula is C21H17ClN2O3S. The van der Waals surface area contributed by atoms with Crippen LogP contribution in [0.25, 0.3) is 0 Å². The van der Waals surface area contributed by atoms with Crippen molar-refractivity contribution in [3.05, 3.63) is 74.9 Å². The molecule has 2 aliphatic heterocycles. The quantitative estimate of drug-likeness (QED) is 0.629. The van der Waals surface area contributed by atoms with E-state index in [9.17, 15) is 5.11 Å². The summed E-state index contributed by atoms with van der Waals surface area (Å²) in [5.74, 6) is 1.67. The molecule has 5 rings (SSSR count). The lowest BCUT2D eigenvalue weighted by molar-refractivity contribution is -0.0187. The number of halogens is 1. The predicted molar refractivity (Wildman–Crippen MR) is 110 cm³/mol. The van der Waals surface area contributed by atoms with Gasteiger partial charge < -0.3 is 14.6 Å². The molecular weight excluding hydrogens is 396 g/mol. The van der Waals surface area contributed by atoms with Crippen molar-refractivity contribution in [3.8, 4) is 17.2 Å². The molecule has 0 spiro atoms. The number of fused-ring (bicyclic) bond motifs is 3. The van der Waals surface area contributed by atoms with Crippen LogP contribution in [0.1, 0.15) is 35.4 Å². The Balaban J connectivity index is 1.61. The maximum atomic E-state index is 10.4. The van der Waals surface area contributed by atoms with Crippen LogP contribution in [0, 0.1) is 0 Å². The Morgan fingerprint density at radius 3 is 2.93 bits per heavy atom. The molecule has 0 bridgehead atoms. The number of phenolic OH excluding ortho intramolecular Hbond substituents is 1. The molecule has 5 nitrogen and oxygen atoms in total. The van der Waals surface area contributed by atoms with Gasteiger partial charge in [-0.3, -0.25) is 0 Å². The molecule has 0 saturated carbocycles. The highest BCUT2D eigenvalue weighted by molar-refractivity contribution is 7.07. The lowest BCUT2D eigenvalue weighted by atomic mass is 9.95. The van der Waals surface area contributed by atoms with Crippen LogP contribution in [0.2, 0.25) is 5.02 Å². The van der Waals surface area contributed by atoms with Crippen molar-refractivity contribution >= 4 is 28.6 Å². The molecule has 0 fully saturated rings. The summed E-state index contributed by atoms with van der Waals surface area (Å²) in [6.07, 6.45) is 0.313. The van der Waals surface area contributed by atoms with E-state index in [2.05, 4.69) is 5.38 Å². The number of hydrogen-bond donors (Lipinski definition) is 1. The number of ether oxygens (including phenoxy) is 2. The third-order valence-electron chi connectivity index (χ3n) is 5.09. The molecule has 3 heterocycles. The molecule has 3 aromatic rings. The fourth-order valence-electron chi connectivity index (χ4n) is 3.73. The minimum absolute atomic E-state index is 0.0204. The van der Waals surface area contributed by atoms with Gasteiger partial charge in [-0.1, -0.05) is 11.6 Å². The average Bonchev–Trinajstić information content (AvgIpc) is 3.38. The van der Waals surface area contributed by atoms with Gasteiger partial charge in [0.2, 0.25) is 6.23 Å². The number of hydrazone groups is 1. The summed E-state index contributed by atoms with van der Waals surface area (Å²) in [5.41, 5.74) is 3.51. The van der Waals surface area contributed by atoms with E-state index in [1.165, 1.54) is 0 Å². The van der Waals surface area contributed by atoms with E-state index in [0.29, 0.717) is 22.8 Å². The molecule has 142 valence electrons. The molecule has 0 saturated heterocycles. The molecule has 2 aliphatic rings. The zero-order chi connectivity index (χ0) is 19.3. The van der Waals surface area contributed by atoms with Crippen LogP contribution in [0.15, 0.2) is 58.3 Å². The normalized spacial score (nSPS) is 20.2. The van der Waals surface area contributed by atoms with E-state index in [0.717, 1.165) is 22.6 Å². The SMILES string of the molecule is COc1ccc(O)c(C2=NN3C(C2)c2cc(Cl)ccc2OC3c2ccsc2)c1. The topological polar surface area (TPSA) is 54.3 Å². The Hall–Kier alpha value is -2.70. The molecule has 2 unspecified atom stereocenters. The molecule has 2 atom stereocenters. The van der Waals surface area contributed by atoms with E-state index in [4.69, 9.17) is 26.2 Å². The van der Waals surface area contributed by atoms with E-state index >= 15 is 0 Å². The summed E-state index contributed by atoms with van der Waals surface area (Å²) in [5, 5.41) is 22.0. The standard InChI is InChI=1S/C21H17ClN2O3S/c1-26-14-3-4-19(25)15(9-14)17-10-18-16-8-13(22)2-5-20(16)27-21(24(18)23-17)12-6-7-28-11-12/h2-9,11,18,21,25H,10H2,1H3. The highest BCUT2D eigenvalue weighted by Crippen LogP contribution is 2.49. The maximum Gasteiger partial charge on any atom is 0.214 e. The molecule has 2 aromatic carbocycles. The largest absolute Gasteiger partial charge is 0.507 e. The Bertz CT molecular complexity index is 1070. The smallest absolute Gasteiger partial charge is 0.214 e. The molecule has 1 N–H and O–H groups in total. The molecule has 1 aromatic heterocycles. The number of phenols is 1. The summed E-state index contributed by atoms with van der Waals surface area (Å²) < 4.78 is 11.6. The van der Waals surface area contributed by atoms with Gasteiger partial charge >= 0.3 is 0 Å². The van der Waals surface area contributed by atoms with Gasteiger partial charge in [-0.25, -0.2) is 5.01 Å². The Morgan fingerprint density at radius 1 is 1.25 bits per heavy atom. The molecule has 0 amide bonds. The zero-order valence-corrected chi connectivity index (χ0v) is 16.6. The van der Waals surface area contributed by atoms with Gasteiger partial charge in [0.1, 0.15) is 17.2 Å². The van der Waals surface area contributed by atoms with Crippen molar-refractivity contribution in [1.29, 1.82) is 0 Å². The van der Waals surface area contributed by atoms with Crippen molar-refractivity contribution in [2.24, 2.45) is 5.10 Å². The number of rotatable bonds is 3. The van der Waals surface area contributed by atoms with Crippen molar-refractivity contribution < 1.29 is 14.6 Å². The first-order valence-corrected chi connectivity index (χ1v) is 10.2. The first kappa shape index (κ1) is 17.4. The van der Waals surface area contributed by atoms with Crippen molar-refractivity contribution in [1.82, 2.24) is 5.01 Å². The van der Waals surface area contributed by atoms with Crippen molar-refractivity contribution in [2.75, 3.05) is 7.11 Å². The maximum absolute atomic E-state index is 10.4. The lowest BCUT2D eigenvalue weighted by Gasteiger charge is -2.37. The Morgan fingerprint density at radius 2 is 2.14 bits per heavy atom. The van der Waals surface area contributed by atoms with Crippen LogP contribution in [-0.2, 0) is 0 Å². The van der Waals surface area contributed by atoms with Crippen LogP contribution >= 0.6 is 22.9 Å². The summed E-state index contributed by atoms with van der Waals surface area (Å²) >= 11 is 7.88. The second kappa shape index (κ2) is 6.72. The summed E-state index contributed by atoms with van der Waals surface area (Å²) in [6.45, 7) is 0. The summed E-state index contributed by atoms with van der Waals surface area (Å²) in [4.78, 5) is 0. The fraction of sp³-hybridized carbons (Fsp3) is 0.190. The van der Waals surface area contributed by atoms with Crippen LogP contribution in [0.5, 0.6) is 17.2 Å². The van der Waals surface area contributed by atoms with Crippen LogP contribution in [-0.4, -0.2) is 22.9 Å². The zero-order valence-electron chi connectivity index (χ0n) is 15.0. The molecule has 0 aliphatic carbocycles. The summed E-state index contributed by atoms with van der Waals surface area (Å²) in [6, 6.07) is 12.9. The average molecular weight is 413 g/mol. The highest BCUT2D eigenvalue weighted by atomic mass is 35.5. The third kappa shape index (κ3) is 2.80. The second-order valence-corrected chi connectivity index (χ2v) is 7.96.